The van der Waals surface area contributed by atoms with Crippen LogP contribution in [0.4, 0.5) is 11.4 Å². The van der Waals surface area contributed by atoms with E-state index in [-0.39, 0.29) is 31.6 Å². The summed E-state index contributed by atoms with van der Waals surface area (Å²) in [5.74, 6) is -0.448. The van der Waals surface area contributed by atoms with Gasteiger partial charge in [0, 0.05) is 22.1 Å². The van der Waals surface area contributed by atoms with Crippen LogP contribution in [0, 0.1) is 0 Å². The number of carbonyl (C=O) groups is 3. The summed E-state index contributed by atoms with van der Waals surface area (Å²) in [6, 6.07) is 24.6. The van der Waals surface area contributed by atoms with Crippen LogP contribution in [-0.4, -0.2) is 35.6 Å². The Balaban J connectivity index is 1.37. The molecule has 9 heteroatoms. The summed E-state index contributed by atoms with van der Waals surface area (Å²) in [4.78, 5) is 40.4. The second-order valence-electron chi connectivity index (χ2n) is 8.90. The molecule has 198 valence electrons. The highest BCUT2D eigenvalue weighted by atomic mass is 35.5. The Morgan fingerprint density at radius 3 is 2.51 bits per heavy atom. The van der Waals surface area contributed by atoms with Crippen LogP contribution < -0.4 is 15.0 Å². The zero-order valence-corrected chi connectivity index (χ0v) is 22.0. The lowest BCUT2D eigenvalue weighted by atomic mass is 10.1. The first-order valence-corrected chi connectivity index (χ1v) is 12.8. The first kappa shape index (κ1) is 26.1. The third kappa shape index (κ3) is 5.81. The molecule has 2 heterocycles. The Hall–Kier alpha value is -4.56. The van der Waals surface area contributed by atoms with Gasteiger partial charge in [-0.2, -0.15) is 0 Å². The SMILES string of the molecule is CCOC(=O)c1cccc(NC(=O)c2ccc3n2Cc2ccccc2N(C(=O)COc2ccc(Cl)cc2)C3)c1. The van der Waals surface area contributed by atoms with Gasteiger partial charge < -0.3 is 24.3 Å². The molecule has 0 unspecified atom stereocenters. The van der Waals surface area contributed by atoms with E-state index in [4.69, 9.17) is 21.1 Å². The van der Waals surface area contributed by atoms with Crippen LogP contribution in [0.3, 0.4) is 0 Å². The largest absolute Gasteiger partial charge is 0.484 e. The Morgan fingerprint density at radius 2 is 1.72 bits per heavy atom. The fourth-order valence-electron chi connectivity index (χ4n) is 4.47. The molecule has 0 saturated carbocycles. The normalized spacial score (nSPS) is 12.1. The van der Waals surface area contributed by atoms with E-state index in [1.54, 1.807) is 66.4 Å². The number of fused-ring (bicyclic) bond motifs is 2. The number of hydrogen-bond acceptors (Lipinski definition) is 5. The van der Waals surface area contributed by atoms with Gasteiger partial charge in [-0.15, -0.1) is 0 Å². The number of rotatable bonds is 7. The molecule has 4 aromatic rings. The second-order valence-corrected chi connectivity index (χ2v) is 9.34. The molecule has 39 heavy (non-hydrogen) atoms. The van der Waals surface area contributed by atoms with Gasteiger partial charge in [0.25, 0.3) is 11.8 Å². The maximum atomic E-state index is 13.3. The maximum Gasteiger partial charge on any atom is 0.338 e. The number of aromatic nitrogens is 1. The summed E-state index contributed by atoms with van der Waals surface area (Å²) < 4.78 is 12.7. The average molecular weight is 544 g/mol. The molecule has 0 bridgehead atoms. The van der Waals surface area contributed by atoms with Crippen molar-refractivity contribution in [1.82, 2.24) is 4.57 Å². The van der Waals surface area contributed by atoms with Crippen molar-refractivity contribution in [3.05, 3.63) is 112 Å². The van der Waals surface area contributed by atoms with E-state index in [1.807, 2.05) is 34.9 Å². The molecule has 2 amide bonds. The van der Waals surface area contributed by atoms with E-state index < -0.39 is 5.97 Å². The van der Waals surface area contributed by atoms with Gasteiger partial charge in [0.1, 0.15) is 11.4 Å². The van der Waals surface area contributed by atoms with Gasteiger partial charge in [-0.25, -0.2) is 4.79 Å². The van der Waals surface area contributed by atoms with Crippen molar-refractivity contribution in [3.8, 4) is 5.75 Å². The van der Waals surface area contributed by atoms with Crippen LogP contribution in [0.2, 0.25) is 5.02 Å². The van der Waals surface area contributed by atoms with Gasteiger partial charge in [0.05, 0.1) is 25.3 Å². The van der Waals surface area contributed by atoms with E-state index in [0.29, 0.717) is 34.3 Å². The molecule has 8 nitrogen and oxygen atoms in total. The molecule has 3 aromatic carbocycles. The number of halogens is 1. The predicted molar refractivity (Wildman–Crippen MR) is 148 cm³/mol. The average Bonchev–Trinajstić information content (AvgIpc) is 3.26. The van der Waals surface area contributed by atoms with E-state index in [1.165, 1.54) is 0 Å². The van der Waals surface area contributed by atoms with Crippen LogP contribution in [-0.2, 0) is 22.6 Å². The lowest BCUT2D eigenvalue weighted by Gasteiger charge is -2.22. The van der Waals surface area contributed by atoms with Crippen molar-refractivity contribution >= 4 is 40.8 Å². The number of nitrogens with zero attached hydrogens (tertiary/aromatic N) is 2. The smallest absolute Gasteiger partial charge is 0.338 e. The van der Waals surface area contributed by atoms with Crippen molar-refractivity contribution in [2.24, 2.45) is 0 Å². The fraction of sp³-hybridized carbons (Fsp3) is 0.167. The van der Waals surface area contributed by atoms with E-state index in [2.05, 4.69) is 5.32 Å². The number of anilines is 2. The molecule has 0 saturated heterocycles. The molecule has 0 radical (unpaired) electrons. The fourth-order valence-corrected chi connectivity index (χ4v) is 4.59. The number of ether oxygens (including phenoxy) is 2. The van der Waals surface area contributed by atoms with Crippen molar-refractivity contribution in [3.63, 3.8) is 0 Å². The topological polar surface area (TPSA) is 89.9 Å². The molecule has 0 atom stereocenters. The maximum absolute atomic E-state index is 13.3. The zero-order chi connectivity index (χ0) is 27.4. The standard InChI is InChI=1S/C30H26ClN3O5/c1-2-38-30(37)20-7-5-8-23(16-20)32-29(36)27-15-12-24-18-34(26-9-4-3-6-21(26)17-33(24)27)28(35)19-39-25-13-10-22(31)11-14-25/h3-16H,2,17-19H2,1H3,(H,32,36). The van der Waals surface area contributed by atoms with Crippen LogP contribution >= 0.6 is 11.6 Å². The number of hydrogen-bond donors (Lipinski definition) is 1. The molecule has 1 aromatic heterocycles. The number of nitrogens with one attached hydrogen (secondary N) is 1. The Kier molecular flexibility index (Phi) is 7.65. The van der Waals surface area contributed by atoms with Crippen LogP contribution in [0.25, 0.3) is 0 Å². The first-order chi connectivity index (χ1) is 18.9. The lowest BCUT2D eigenvalue weighted by molar-refractivity contribution is -0.120. The van der Waals surface area contributed by atoms with Crippen molar-refractivity contribution in [1.29, 1.82) is 0 Å². The number of benzene rings is 3. The van der Waals surface area contributed by atoms with Crippen molar-refractivity contribution in [2.75, 3.05) is 23.4 Å². The van der Waals surface area contributed by atoms with Gasteiger partial charge in [0.15, 0.2) is 6.61 Å². The van der Waals surface area contributed by atoms with Crippen LogP contribution in [0.1, 0.15) is 39.0 Å². The molecule has 0 spiro atoms. The second kappa shape index (κ2) is 11.4. The number of amides is 2. The highest BCUT2D eigenvalue weighted by Crippen LogP contribution is 2.30. The Labute approximate surface area is 230 Å². The minimum absolute atomic E-state index is 0.152. The quantitative estimate of drug-likeness (QED) is 0.309. The Morgan fingerprint density at radius 1 is 0.923 bits per heavy atom. The molecular weight excluding hydrogens is 518 g/mol. The van der Waals surface area contributed by atoms with Gasteiger partial charge in [0.2, 0.25) is 0 Å². The minimum atomic E-state index is -0.452. The summed E-state index contributed by atoms with van der Waals surface area (Å²) in [6.45, 7) is 2.53. The van der Waals surface area contributed by atoms with Gasteiger partial charge >= 0.3 is 5.97 Å². The van der Waals surface area contributed by atoms with Crippen molar-refractivity contribution in [2.45, 2.75) is 20.0 Å². The molecule has 1 aliphatic heterocycles. The lowest BCUT2D eigenvalue weighted by Crippen LogP contribution is -2.34. The zero-order valence-electron chi connectivity index (χ0n) is 21.2. The first-order valence-electron chi connectivity index (χ1n) is 12.5. The van der Waals surface area contributed by atoms with Crippen LogP contribution in [0.15, 0.2) is 84.9 Å². The van der Waals surface area contributed by atoms with E-state index in [9.17, 15) is 14.4 Å². The van der Waals surface area contributed by atoms with Gasteiger partial charge in [-0.3, -0.25) is 9.59 Å². The molecule has 0 aliphatic carbocycles. The van der Waals surface area contributed by atoms with Crippen LogP contribution in [0.5, 0.6) is 5.75 Å². The predicted octanol–water partition coefficient (Wildman–Crippen LogP) is 5.54. The molecule has 1 N–H and O–H groups in total. The molecule has 1 aliphatic rings. The molecule has 5 rings (SSSR count). The van der Waals surface area contributed by atoms with E-state index in [0.717, 1.165) is 16.9 Å². The Bertz CT molecular complexity index is 1530. The third-order valence-corrected chi connectivity index (χ3v) is 6.60. The summed E-state index contributed by atoms with van der Waals surface area (Å²) in [5.41, 5.74) is 3.73. The highest BCUT2D eigenvalue weighted by Gasteiger charge is 2.27. The summed E-state index contributed by atoms with van der Waals surface area (Å²) >= 11 is 5.94. The molecule has 0 fully saturated rings. The monoisotopic (exact) mass is 543 g/mol. The summed E-state index contributed by atoms with van der Waals surface area (Å²) in [6.07, 6.45) is 0. The minimum Gasteiger partial charge on any atom is -0.484 e. The third-order valence-electron chi connectivity index (χ3n) is 6.34. The summed E-state index contributed by atoms with van der Waals surface area (Å²) in [5, 5.41) is 3.46. The van der Waals surface area contributed by atoms with Crippen molar-refractivity contribution < 1.29 is 23.9 Å². The highest BCUT2D eigenvalue weighted by molar-refractivity contribution is 6.30. The number of esters is 1. The molecular formula is C30H26ClN3O5. The summed E-state index contributed by atoms with van der Waals surface area (Å²) in [7, 11) is 0. The number of para-hydroxylation sites is 1. The van der Waals surface area contributed by atoms with Gasteiger partial charge in [-0.05, 0) is 73.2 Å². The van der Waals surface area contributed by atoms with E-state index >= 15 is 0 Å². The number of carbonyl (C=O) groups excluding carboxylic acids is 3. The van der Waals surface area contributed by atoms with Gasteiger partial charge in [-0.1, -0.05) is 35.9 Å².